The van der Waals surface area contributed by atoms with E-state index in [1.165, 1.54) is 0 Å². The molecule has 106 valence electrons. The molecule has 9 nitrogen and oxygen atoms in total. The summed E-state index contributed by atoms with van der Waals surface area (Å²) in [7, 11) is 0. The number of H-pyrrole nitrogens is 1. The zero-order valence-electron chi connectivity index (χ0n) is 10.4. The molecule has 1 fully saturated rings. The fourth-order valence-electron chi connectivity index (χ4n) is 3.10. The van der Waals surface area contributed by atoms with Gasteiger partial charge >= 0.3 is 0 Å². The molecular formula is C11H13N5O4. The number of anilines is 1. The van der Waals surface area contributed by atoms with Crippen molar-refractivity contribution in [3.63, 3.8) is 0 Å². The third-order valence-electron chi connectivity index (χ3n) is 3.99. The smallest absolute Gasteiger partial charge is 0.280 e. The van der Waals surface area contributed by atoms with Gasteiger partial charge in [0.2, 0.25) is 5.95 Å². The highest BCUT2D eigenvalue weighted by molar-refractivity contribution is 5.72. The number of nitrogens with two attached hydrogens (primary N) is 1. The molecule has 9 heteroatoms. The van der Waals surface area contributed by atoms with Crippen LogP contribution in [0.1, 0.15) is 12.1 Å². The summed E-state index contributed by atoms with van der Waals surface area (Å²) >= 11 is 0. The number of imidazole rings is 1. The van der Waals surface area contributed by atoms with Crippen LogP contribution >= 0.6 is 0 Å². The van der Waals surface area contributed by atoms with Gasteiger partial charge in [0.15, 0.2) is 11.2 Å². The standard InChI is InChI=1S/C11H13N5O4/c12-11-14-8-6(9(19)15-11)13-5-1-3-7(18)4(2-17)20-10(3)16(5)8/h3-4,7,10,17-18H,1-2H2,(H3,12,14,15,19)/t3-,4+,7-,10+/m0/s1. The van der Waals surface area contributed by atoms with Gasteiger partial charge in [0.25, 0.3) is 5.56 Å². The number of aliphatic hydroxyl groups is 2. The van der Waals surface area contributed by atoms with Crippen LogP contribution in [0, 0.1) is 5.92 Å². The van der Waals surface area contributed by atoms with Gasteiger partial charge in [-0.3, -0.25) is 14.3 Å². The van der Waals surface area contributed by atoms with Gasteiger partial charge in [-0.25, -0.2) is 4.98 Å². The Morgan fingerprint density at radius 1 is 1.50 bits per heavy atom. The molecule has 0 radical (unpaired) electrons. The first-order valence-electron chi connectivity index (χ1n) is 6.31. The lowest BCUT2D eigenvalue weighted by molar-refractivity contribution is -0.0430. The largest absolute Gasteiger partial charge is 0.394 e. The van der Waals surface area contributed by atoms with Gasteiger partial charge in [-0.05, 0) is 0 Å². The maximum atomic E-state index is 11.8. The summed E-state index contributed by atoms with van der Waals surface area (Å²) in [6.07, 6.45) is -1.40. The van der Waals surface area contributed by atoms with E-state index < -0.39 is 24.0 Å². The number of fused-ring (bicyclic) bond motifs is 5. The maximum absolute atomic E-state index is 11.8. The predicted molar refractivity (Wildman–Crippen MR) is 66.8 cm³/mol. The van der Waals surface area contributed by atoms with Crippen molar-refractivity contribution in [2.75, 3.05) is 12.3 Å². The molecule has 0 aromatic carbocycles. The Balaban J connectivity index is 1.90. The number of hydrogen-bond acceptors (Lipinski definition) is 7. The Bertz CT molecular complexity index is 753. The van der Waals surface area contributed by atoms with Crippen LogP contribution in [0.4, 0.5) is 5.95 Å². The van der Waals surface area contributed by atoms with E-state index in [9.17, 15) is 15.0 Å². The van der Waals surface area contributed by atoms with Crippen LogP contribution in [0.3, 0.4) is 0 Å². The molecule has 2 aliphatic rings. The molecule has 2 aromatic rings. The first kappa shape index (κ1) is 11.8. The van der Waals surface area contributed by atoms with Crippen molar-refractivity contribution in [3.05, 3.63) is 16.2 Å². The van der Waals surface area contributed by atoms with E-state index in [1.807, 2.05) is 0 Å². The van der Waals surface area contributed by atoms with Gasteiger partial charge in [0.1, 0.15) is 18.2 Å². The molecule has 2 aromatic heterocycles. The highest BCUT2D eigenvalue weighted by Gasteiger charge is 2.50. The number of rotatable bonds is 1. The van der Waals surface area contributed by atoms with Gasteiger partial charge < -0.3 is 20.7 Å². The van der Waals surface area contributed by atoms with Crippen molar-refractivity contribution >= 4 is 17.1 Å². The van der Waals surface area contributed by atoms with Crippen molar-refractivity contribution in [2.24, 2.45) is 5.92 Å². The second-order valence-corrected chi connectivity index (χ2v) is 5.13. The van der Waals surface area contributed by atoms with Gasteiger partial charge in [-0.2, -0.15) is 4.98 Å². The lowest BCUT2D eigenvalue weighted by Crippen LogP contribution is -2.29. The normalized spacial score (nSPS) is 31.7. The van der Waals surface area contributed by atoms with Crippen LogP contribution in [0.5, 0.6) is 0 Å². The van der Waals surface area contributed by atoms with E-state index in [4.69, 9.17) is 10.5 Å². The van der Waals surface area contributed by atoms with Crippen molar-refractivity contribution in [1.82, 2.24) is 19.5 Å². The molecule has 2 aliphatic heterocycles. The molecule has 4 rings (SSSR count). The molecule has 0 bridgehead atoms. The van der Waals surface area contributed by atoms with Crippen LogP contribution in [0.15, 0.2) is 4.79 Å². The fraction of sp³-hybridized carbons (Fsp3) is 0.545. The summed E-state index contributed by atoms with van der Waals surface area (Å²) in [6, 6.07) is 0. The van der Waals surface area contributed by atoms with Crippen LogP contribution < -0.4 is 11.3 Å². The first-order chi connectivity index (χ1) is 9.60. The number of hydrogen-bond donors (Lipinski definition) is 4. The van der Waals surface area contributed by atoms with E-state index in [0.29, 0.717) is 17.9 Å². The highest BCUT2D eigenvalue weighted by atomic mass is 16.5. The molecule has 0 aliphatic carbocycles. The van der Waals surface area contributed by atoms with E-state index >= 15 is 0 Å². The second-order valence-electron chi connectivity index (χ2n) is 5.13. The maximum Gasteiger partial charge on any atom is 0.280 e. The number of aliphatic hydroxyl groups excluding tert-OH is 2. The number of nitrogens with one attached hydrogen (secondary N) is 1. The number of ether oxygens (including phenoxy) is 1. The molecule has 0 saturated carbocycles. The highest BCUT2D eigenvalue weighted by Crippen LogP contribution is 2.43. The summed E-state index contributed by atoms with van der Waals surface area (Å²) in [6.45, 7) is -0.258. The Hall–Kier alpha value is -1.97. The van der Waals surface area contributed by atoms with Gasteiger partial charge in [0, 0.05) is 12.3 Å². The SMILES string of the molecule is Nc1nc2c(nc3n2[C@@H]2O[C@H](CO)[C@@H](O)[C@@H]2C3)c(=O)[nH]1. The molecule has 0 amide bonds. The number of aromatic nitrogens is 4. The molecule has 4 heterocycles. The van der Waals surface area contributed by atoms with Gasteiger partial charge in [0.05, 0.1) is 12.7 Å². The Morgan fingerprint density at radius 2 is 2.30 bits per heavy atom. The summed E-state index contributed by atoms with van der Waals surface area (Å²) in [5, 5.41) is 19.3. The van der Waals surface area contributed by atoms with Crippen LogP contribution in [-0.2, 0) is 11.2 Å². The number of aromatic amines is 1. The Labute approximate surface area is 112 Å². The minimum Gasteiger partial charge on any atom is -0.394 e. The molecule has 0 spiro atoms. The van der Waals surface area contributed by atoms with Crippen LogP contribution in [-0.4, -0.2) is 48.5 Å². The number of nitrogen functional groups attached to an aromatic ring is 1. The summed E-state index contributed by atoms with van der Waals surface area (Å²) in [4.78, 5) is 22.5. The number of nitrogens with zero attached hydrogens (tertiary/aromatic N) is 3. The van der Waals surface area contributed by atoms with E-state index in [2.05, 4.69) is 15.0 Å². The first-order valence-corrected chi connectivity index (χ1v) is 6.31. The monoisotopic (exact) mass is 279 g/mol. The molecule has 4 atom stereocenters. The minimum absolute atomic E-state index is 0.00547. The predicted octanol–water partition coefficient (Wildman–Crippen LogP) is -1.88. The quantitative estimate of drug-likeness (QED) is 0.479. The third kappa shape index (κ3) is 1.34. The second kappa shape index (κ2) is 3.78. The summed E-state index contributed by atoms with van der Waals surface area (Å²) in [5.74, 6) is 0.446. The van der Waals surface area contributed by atoms with Crippen molar-refractivity contribution in [3.8, 4) is 0 Å². The minimum atomic E-state index is -0.763. The van der Waals surface area contributed by atoms with Crippen molar-refractivity contribution < 1.29 is 14.9 Å². The van der Waals surface area contributed by atoms with Crippen LogP contribution in [0.2, 0.25) is 0 Å². The third-order valence-corrected chi connectivity index (χ3v) is 3.99. The lowest BCUT2D eigenvalue weighted by atomic mass is 9.99. The van der Waals surface area contributed by atoms with E-state index in [0.717, 1.165) is 0 Å². The van der Waals surface area contributed by atoms with E-state index in [1.54, 1.807) is 4.57 Å². The van der Waals surface area contributed by atoms with Gasteiger partial charge in [-0.15, -0.1) is 0 Å². The molecule has 1 saturated heterocycles. The summed E-state index contributed by atoms with van der Waals surface area (Å²) < 4.78 is 7.33. The summed E-state index contributed by atoms with van der Waals surface area (Å²) in [5.41, 5.74) is 5.71. The van der Waals surface area contributed by atoms with Crippen LogP contribution in [0.25, 0.3) is 11.2 Å². The van der Waals surface area contributed by atoms with Crippen molar-refractivity contribution in [1.29, 1.82) is 0 Å². The zero-order valence-corrected chi connectivity index (χ0v) is 10.4. The zero-order chi connectivity index (χ0) is 14.0. The Morgan fingerprint density at radius 3 is 3.05 bits per heavy atom. The fourth-order valence-corrected chi connectivity index (χ4v) is 3.10. The molecule has 20 heavy (non-hydrogen) atoms. The Kier molecular flexibility index (Phi) is 2.23. The molecule has 0 unspecified atom stereocenters. The average Bonchev–Trinajstić information content (AvgIpc) is 3.00. The van der Waals surface area contributed by atoms with Crippen molar-refractivity contribution in [2.45, 2.75) is 24.9 Å². The topological polar surface area (TPSA) is 139 Å². The molecular weight excluding hydrogens is 266 g/mol. The van der Waals surface area contributed by atoms with Gasteiger partial charge in [-0.1, -0.05) is 0 Å². The van der Waals surface area contributed by atoms with E-state index in [-0.39, 0.29) is 24.0 Å². The average molecular weight is 279 g/mol. The molecule has 5 N–H and O–H groups in total. The lowest BCUT2D eigenvalue weighted by Gasteiger charge is -2.13.